The van der Waals surface area contributed by atoms with Crippen LogP contribution in [0.3, 0.4) is 0 Å². The van der Waals surface area contributed by atoms with Gasteiger partial charge in [0.1, 0.15) is 5.84 Å². The molecule has 0 aromatic heterocycles. The van der Waals surface area contributed by atoms with Crippen LogP contribution in [0, 0.1) is 0 Å². The molecule has 50 valence electrons. The van der Waals surface area contributed by atoms with Crippen LogP contribution in [-0.4, -0.2) is 11.4 Å². The molecule has 0 amide bonds. The van der Waals surface area contributed by atoms with Crippen LogP contribution in [0.2, 0.25) is 0 Å². The first-order chi connectivity index (χ1) is 4.10. The van der Waals surface area contributed by atoms with Gasteiger partial charge in [0, 0.05) is 0 Å². The van der Waals surface area contributed by atoms with E-state index in [4.69, 9.17) is 5.73 Å². The van der Waals surface area contributed by atoms with Crippen LogP contribution in [0.4, 0.5) is 0 Å². The van der Waals surface area contributed by atoms with E-state index in [2.05, 4.69) is 10.5 Å². The first-order valence-corrected chi connectivity index (χ1v) is 2.90. The quantitative estimate of drug-likeness (QED) is 0.485. The van der Waals surface area contributed by atoms with E-state index < -0.39 is 0 Å². The lowest BCUT2D eigenvalue weighted by molar-refractivity contribution is 0.488. The zero-order valence-electron chi connectivity index (χ0n) is 5.68. The summed E-state index contributed by atoms with van der Waals surface area (Å²) in [6.45, 7) is 4.05. The molecule has 1 heterocycles. The average molecular weight is 125 g/mol. The van der Waals surface area contributed by atoms with E-state index in [-0.39, 0.29) is 5.54 Å². The fraction of sp³-hybridized carbons (Fsp3) is 0.500. The monoisotopic (exact) mass is 125 g/mol. The topological polar surface area (TPSA) is 50.4 Å². The highest BCUT2D eigenvalue weighted by molar-refractivity contribution is 5.91. The lowest BCUT2D eigenvalue weighted by Crippen LogP contribution is -2.38. The van der Waals surface area contributed by atoms with Gasteiger partial charge in [-0.15, -0.1) is 0 Å². The molecule has 1 aliphatic rings. The molecule has 0 aliphatic carbocycles. The molecule has 3 nitrogen and oxygen atoms in total. The van der Waals surface area contributed by atoms with Gasteiger partial charge in [-0.2, -0.15) is 5.10 Å². The Morgan fingerprint density at radius 3 is 2.67 bits per heavy atom. The number of nitrogens with zero attached hydrogens (tertiary/aromatic N) is 1. The van der Waals surface area contributed by atoms with E-state index in [9.17, 15) is 0 Å². The van der Waals surface area contributed by atoms with Gasteiger partial charge in [-0.25, -0.2) is 0 Å². The molecule has 0 bridgehead atoms. The van der Waals surface area contributed by atoms with Crippen LogP contribution < -0.4 is 11.2 Å². The summed E-state index contributed by atoms with van der Waals surface area (Å²) in [5.74, 6) is 0.536. The van der Waals surface area contributed by atoms with E-state index in [0.29, 0.717) is 5.84 Å². The third-order valence-electron chi connectivity index (χ3n) is 1.14. The van der Waals surface area contributed by atoms with Gasteiger partial charge in [0.15, 0.2) is 0 Å². The molecular weight excluding hydrogens is 114 g/mol. The summed E-state index contributed by atoms with van der Waals surface area (Å²) in [7, 11) is 0. The van der Waals surface area contributed by atoms with Gasteiger partial charge in [-0.05, 0) is 19.9 Å². The lowest BCUT2D eigenvalue weighted by Gasteiger charge is -2.22. The average Bonchev–Trinajstić information content (AvgIpc) is 1.78. The largest absolute Gasteiger partial charge is 0.382 e. The first kappa shape index (κ1) is 6.13. The summed E-state index contributed by atoms with van der Waals surface area (Å²) >= 11 is 0. The summed E-state index contributed by atoms with van der Waals surface area (Å²) in [6, 6.07) is 0. The van der Waals surface area contributed by atoms with Crippen molar-refractivity contribution >= 4 is 5.84 Å². The van der Waals surface area contributed by atoms with E-state index in [0.717, 1.165) is 0 Å². The lowest BCUT2D eigenvalue weighted by atomic mass is 10.1. The SMILES string of the molecule is CC1(C)C=CC(N)=NN1. The van der Waals surface area contributed by atoms with Gasteiger partial charge < -0.3 is 5.73 Å². The predicted octanol–water partition coefficient (Wildman–Crippen LogP) is 0.197. The summed E-state index contributed by atoms with van der Waals surface area (Å²) < 4.78 is 0. The Kier molecular flexibility index (Phi) is 1.20. The predicted molar refractivity (Wildman–Crippen MR) is 38.0 cm³/mol. The van der Waals surface area contributed by atoms with Gasteiger partial charge >= 0.3 is 0 Å². The zero-order valence-corrected chi connectivity index (χ0v) is 5.68. The normalized spacial score (nSPS) is 22.7. The Morgan fingerprint density at radius 1 is 1.67 bits per heavy atom. The highest BCUT2D eigenvalue weighted by Crippen LogP contribution is 2.06. The molecule has 3 heteroatoms. The Balaban J connectivity index is 2.70. The van der Waals surface area contributed by atoms with Crippen molar-refractivity contribution in [3.8, 4) is 0 Å². The molecule has 1 aliphatic heterocycles. The molecule has 0 saturated heterocycles. The summed E-state index contributed by atoms with van der Waals surface area (Å²) in [6.07, 6.45) is 3.78. The minimum atomic E-state index is -0.0388. The zero-order chi connectivity index (χ0) is 6.91. The minimum Gasteiger partial charge on any atom is -0.382 e. The van der Waals surface area contributed by atoms with Crippen molar-refractivity contribution in [1.29, 1.82) is 0 Å². The maximum Gasteiger partial charge on any atom is 0.143 e. The van der Waals surface area contributed by atoms with Crippen LogP contribution in [0.5, 0.6) is 0 Å². The van der Waals surface area contributed by atoms with Crippen molar-refractivity contribution in [2.75, 3.05) is 0 Å². The standard InChI is InChI=1S/C6H11N3/c1-6(2)4-3-5(7)8-9-6/h3-4,9H,1-2H3,(H2,7,8). The number of rotatable bonds is 0. The van der Waals surface area contributed by atoms with Crippen LogP contribution in [0.25, 0.3) is 0 Å². The number of hydrazone groups is 1. The van der Waals surface area contributed by atoms with E-state index in [1.54, 1.807) is 6.08 Å². The molecular formula is C6H11N3. The molecule has 0 aromatic rings. The molecule has 0 fully saturated rings. The van der Waals surface area contributed by atoms with Gasteiger partial charge in [0.05, 0.1) is 5.54 Å². The van der Waals surface area contributed by atoms with Crippen molar-refractivity contribution in [1.82, 2.24) is 5.43 Å². The Morgan fingerprint density at radius 2 is 2.33 bits per heavy atom. The Labute approximate surface area is 54.6 Å². The second kappa shape index (κ2) is 1.76. The first-order valence-electron chi connectivity index (χ1n) is 2.90. The highest BCUT2D eigenvalue weighted by Gasteiger charge is 2.14. The number of amidine groups is 1. The van der Waals surface area contributed by atoms with E-state index in [1.807, 2.05) is 19.9 Å². The van der Waals surface area contributed by atoms with Crippen molar-refractivity contribution in [2.24, 2.45) is 10.8 Å². The third-order valence-corrected chi connectivity index (χ3v) is 1.14. The molecule has 0 spiro atoms. The summed E-state index contributed by atoms with van der Waals surface area (Å²) in [5.41, 5.74) is 8.20. The maximum atomic E-state index is 5.36. The Bertz CT molecular complexity index is 167. The third kappa shape index (κ3) is 1.45. The number of nitrogens with two attached hydrogens (primary N) is 1. The fourth-order valence-corrected chi connectivity index (χ4v) is 0.577. The van der Waals surface area contributed by atoms with Gasteiger partial charge in [0.25, 0.3) is 0 Å². The molecule has 0 atom stereocenters. The van der Waals surface area contributed by atoms with Crippen molar-refractivity contribution in [2.45, 2.75) is 19.4 Å². The molecule has 9 heavy (non-hydrogen) atoms. The maximum absolute atomic E-state index is 5.36. The summed E-state index contributed by atoms with van der Waals surface area (Å²) in [4.78, 5) is 0. The molecule has 0 radical (unpaired) electrons. The molecule has 3 N–H and O–H groups in total. The highest BCUT2D eigenvalue weighted by atomic mass is 15.3. The molecule has 0 unspecified atom stereocenters. The molecule has 0 saturated carbocycles. The number of hydrogen-bond donors (Lipinski definition) is 2. The molecule has 1 rings (SSSR count). The van der Waals surface area contributed by atoms with Crippen molar-refractivity contribution in [3.63, 3.8) is 0 Å². The number of hydrogen-bond acceptors (Lipinski definition) is 3. The van der Waals surface area contributed by atoms with E-state index >= 15 is 0 Å². The van der Waals surface area contributed by atoms with Gasteiger partial charge in [-0.3, -0.25) is 5.43 Å². The second-order valence-corrected chi connectivity index (χ2v) is 2.70. The Hall–Kier alpha value is -0.990. The van der Waals surface area contributed by atoms with E-state index in [1.165, 1.54) is 0 Å². The fourth-order valence-electron chi connectivity index (χ4n) is 0.577. The van der Waals surface area contributed by atoms with Crippen LogP contribution in [0.15, 0.2) is 17.3 Å². The van der Waals surface area contributed by atoms with Crippen molar-refractivity contribution < 1.29 is 0 Å². The van der Waals surface area contributed by atoms with Gasteiger partial charge in [0.2, 0.25) is 0 Å². The smallest absolute Gasteiger partial charge is 0.143 e. The van der Waals surface area contributed by atoms with Crippen LogP contribution in [0.1, 0.15) is 13.8 Å². The number of nitrogens with one attached hydrogen (secondary N) is 1. The van der Waals surface area contributed by atoms with Crippen molar-refractivity contribution in [3.05, 3.63) is 12.2 Å². The molecule has 0 aromatic carbocycles. The minimum absolute atomic E-state index is 0.0388. The van der Waals surface area contributed by atoms with Crippen LogP contribution >= 0.6 is 0 Å². The van der Waals surface area contributed by atoms with Crippen LogP contribution in [-0.2, 0) is 0 Å². The van der Waals surface area contributed by atoms with Gasteiger partial charge in [-0.1, -0.05) is 6.08 Å². The summed E-state index contributed by atoms with van der Waals surface area (Å²) in [5, 5.41) is 3.84. The second-order valence-electron chi connectivity index (χ2n) is 2.70.